The average molecular weight is 326 g/mol. The van der Waals surface area contributed by atoms with E-state index in [2.05, 4.69) is 73.2 Å². The van der Waals surface area contributed by atoms with Gasteiger partial charge in [0.15, 0.2) is 0 Å². The summed E-state index contributed by atoms with van der Waals surface area (Å²) in [5.74, 6) is 0. The van der Waals surface area contributed by atoms with Gasteiger partial charge in [0, 0.05) is 10.5 Å². The van der Waals surface area contributed by atoms with Gasteiger partial charge in [0.2, 0.25) is 0 Å². The third kappa shape index (κ3) is 6.09. The van der Waals surface area contributed by atoms with Crippen LogP contribution in [0.4, 0.5) is 0 Å². The van der Waals surface area contributed by atoms with E-state index >= 15 is 0 Å². The van der Waals surface area contributed by atoms with Gasteiger partial charge in [-0.25, -0.2) is 0 Å². The van der Waals surface area contributed by atoms with E-state index in [0.29, 0.717) is 11.5 Å². The molecule has 0 amide bonds. The van der Waals surface area contributed by atoms with Crippen molar-refractivity contribution < 1.29 is 0 Å². The summed E-state index contributed by atoms with van der Waals surface area (Å²) >= 11 is 3.63. The number of halogens is 1. The molecule has 1 nitrogen and oxygen atoms in total. The lowest BCUT2D eigenvalue weighted by Crippen LogP contribution is -2.40. The fourth-order valence-electron chi connectivity index (χ4n) is 2.36. The summed E-state index contributed by atoms with van der Waals surface area (Å²) in [6.45, 7) is 10.3. The molecule has 1 rings (SSSR count). The molecule has 1 N–H and O–H groups in total. The standard InChI is InChI=1S/C17H28BrN/c1-5-13-19-16(17(2,3)4)12-8-10-14-9-6-7-11-15(14)18/h6-7,9,11,16,19H,5,8,10,12-13H2,1-4H3. The maximum Gasteiger partial charge on any atom is 0.0207 e. The van der Waals surface area contributed by atoms with E-state index in [4.69, 9.17) is 0 Å². The molecule has 1 atom stereocenters. The second-order valence-electron chi connectivity index (χ2n) is 6.36. The third-order valence-corrected chi connectivity index (χ3v) is 4.36. The van der Waals surface area contributed by atoms with Gasteiger partial charge in [-0.1, -0.05) is 61.8 Å². The maximum atomic E-state index is 3.70. The predicted octanol–water partition coefficient (Wildman–Crippen LogP) is 5.19. The van der Waals surface area contributed by atoms with Crippen LogP contribution in [0.2, 0.25) is 0 Å². The first-order valence-electron chi connectivity index (χ1n) is 7.42. The van der Waals surface area contributed by atoms with Gasteiger partial charge in [0.05, 0.1) is 0 Å². The van der Waals surface area contributed by atoms with Crippen molar-refractivity contribution in [3.63, 3.8) is 0 Å². The summed E-state index contributed by atoms with van der Waals surface area (Å²) in [5.41, 5.74) is 1.76. The van der Waals surface area contributed by atoms with Crippen molar-refractivity contribution in [3.8, 4) is 0 Å². The highest BCUT2D eigenvalue weighted by Gasteiger charge is 2.23. The van der Waals surface area contributed by atoms with Crippen molar-refractivity contribution in [2.24, 2.45) is 5.41 Å². The van der Waals surface area contributed by atoms with Crippen LogP contribution in [0.3, 0.4) is 0 Å². The van der Waals surface area contributed by atoms with Crippen LogP contribution in [-0.4, -0.2) is 12.6 Å². The Kier molecular flexibility index (Phi) is 7.09. The largest absolute Gasteiger partial charge is 0.313 e. The fraction of sp³-hybridized carbons (Fsp3) is 0.647. The summed E-state index contributed by atoms with van der Waals surface area (Å²) in [7, 11) is 0. The first kappa shape index (κ1) is 16.7. The topological polar surface area (TPSA) is 12.0 Å². The highest BCUT2D eigenvalue weighted by molar-refractivity contribution is 9.10. The van der Waals surface area contributed by atoms with Crippen molar-refractivity contribution in [2.45, 2.75) is 59.4 Å². The molecule has 0 bridgehead atoms. The second-order valence-corrected chi connectivity index (χ2v) is 7.21. The average Bonchev–Trinajstić information content (AvgIpc) is 2.34. The molecule has 0 saturated heterocycles. The normalized spacial score (nSPS) is 13.5. The molecule has 1 aromatic carbocycles. The fourth-order valence-corrected chi connectivity index (χ4v) is 2.84. The van der Waals surface area contributed by atoms with Gasteiger partial charge in [0.25, 0.3) is 0 Å². The van der Waals surface area contributed by atoms with E-state index in [-0.39, 0.29) is 0 Å². The van der Waals surface area contributed by atoms with Crippen molar-refractivity contribution in [3.05, 3.63) is 34.3 Å². The van der Waals surface area contributed by atoms with Gasteiger partial charge in [-0.3, -0.25) is 0 Å². The molecule has 0 radical (unpaired) electrons. The van der Waals surface area contributed by atoms with Crippen LogP contribution >= 0.6 is 15.9 Å². The molecule has 0 fully saturated rings. The van der Waals surface area contributed by atoms with Crippen LogP contribution in [-0.2, 0) is 6.42 Å². The number of aryl methyl sites for hydroxylation is 1. The molecule has 0 aliphatic carbocycles. The summed E-state index contributed by atoms with van der Waals surface area (Å²) in [5, 5.41) is 3.70. The van der Waals surface area contributed by atoms with Crippen molar-refractivity contribution in [1.29, 1.82) is 0 Å². The zero-order chi connectivity index (χ0) is 14.3. The Balaban J connectivity index is 2.46. The van der Waals surface area contributed by atoms with Gasteiger partial charge in [-0.05, 0) is 49.3 Å². The molecule has 0 saturated carbocycles. The number of benzene rings is 1. The summed E-state index contributed by atoms with van der Waals surface area (Å²) in [4.78, 5) is 0. The summed E-state index contributed by atoms with van der Waals surface area (Å²) in [6, 6.07) is 9.15. The molecular formula is C17H28BrN. The van der Waals surface area contributed by atoms with E-state index in [1.807, 2.05) is 0 Å². The van der Waals surface area contributed by atoms with Crippen LogP contribution in [0, 0.1) is 5.41 Å². The highest BCUT2D eigenvalue weighted by atomic mass is 79.9. The van der Waals surface area contributed by atoms with Gasteiger partial charge >= 0.3 is 0 Å². The number of rotatable bonds is 7. The van der Waals surface area contributed by atoms with Gasteiger partial charge in [0.1, 0.15) is 0 Å². The Bertz CT molecular complexity index is 368. The zero-order valence-corrected chi connectivity index (χ0v) is 14.4. The van der Waals surface area contributed by atoms with Crippen LogP contribution in [0.5, 0.6) is 0 Å². The van der Waals surface area contributed by atoms with Crippen LogP contribution in [0.1, 0.15) is 52.5 Å². The van der Waals surface area contributed by atoms with Gasteiger partial charge in [-0.15, -0.1) is 0 Å². The molecule has 108 valence electrons. The minimum Gasteiger partial charge on any atom is -0.313 e. The van der Waals surface area contributed by atoms with E-state index in [1.54, 1.807) is 0 Å². The maximum absolute atomic E-state index is 3.70. The van der Waals surface area contributed by atoms with E-state index in [9.17, 15) is 0 Å². The Labute approximate surface area is 127 Å². The van der Waals surface area contributed by atoms with Crippen molar-refractivity contribution in [1.82, 2.24) is 5.32 Å². The first-order valence-corrected chi connectivity index (χ1v) is 8.21. The molecule has 0 spiro atoms. The lowest BCUT2D eigenvalue weighted by molar-refractivity contribution is 0.251. The lowest BCUT2D eigenvalue weighted by atomic mass is 9.83. The second kappa shape index (κ2) is 8.06. The third-order valence-electron chi connectivity index (χ3n) is 3.58. The molecule has 2 heteroatoms. The monoisotopic (exact) mass is 325 g/mol. The summed E-state index contributed by atoms with van der Waals surface area (Å²) in [6.07, 6.45) is 4.84. The Hall–Kier alpha value is -0.340. The minimum absolute atomic E-state index is 0.336. The predicted molar refractivity (Wildman–Crippen MR) is 88.6 cm³/mol. The summed E-state index contributed by atoms with van der Waals surface area (Å²) < 4.78 is 1.24. The van der Waals surface area contributed by atoms with Crippen molar-refractivity contribution >= 4 is 15.9 Å². The van der Waals surface area contributed by atoms with Crippen LogP contribution < -0.4 is 5.32 Å². The van der Waals surface area contributed by atoms with Crippen LogP contribution in [0.25, 0.3) is 0 Å². The quantitative estimate of drug-likeness (QED) is 0.727. The molecule has 0 aromatic heterocycles. The number of nitrogens with one attached hydrogen (secondary N) is 1. The Morgan fingerprint density at radius 2 is 1.89 bits per heavy atom. The van der Waals surface area contributed by atoms with E-state index < -0.39 is 0 Å². The zero-order valence-electron chi connectivity index (χ0n) is 12.8. The molecule has 19 heavy (non-hydrogen) atoms. The smallest absolute Gasteiger partial charge is 0.0207 e. The molecule has 1 aromatic rings. The minimum atomic E-state index is 0.336. The van der Waals surface area contributed by atoms with E-state index in [1.165, 1.54) is 29.3 Å². The van der Waals surface area contributed by atoms with Crippen molar-refractivity contribution in [2.75, 3.05) is 6.54 Å². The van der Waals surface area contributed by atoms with Crippen LogP contribution in [0.15, 0.2) is 28.7 Å². The molecule has 0 heterocycles. The Morgan fingerprint density at radius 1 is 1.21 bits per heavy atom. The molecule has 0 aliphatic rings. The van der Waals surface area contributed by atoms with Gasteiger partial charge in [-0.2, -0.15) is 0 Å². The highest BCUT2D eigenvalue weighted by Crippen LogP contribution is 2.25. The van der Waals surface area contributed by atoms with E-state index in [0.717, 1.165) is 13.0 Å². The number of hydrogen-bond donors (Lipinski definition) is 1. The number of hydrogen-bond acceptors (Lipinski definition) is 1. The lowest BCUT2D eigenvalue weighted by Gasteiger charge is -2.32. The Morgan fingerprint density at radius 3 is 2.47 bits per heavy atom. The van der Waals surface area contributed by atoms with Gasteiger partial charge < -0.3 is 5.32 Å². The molecule has 0 aliphatic heterocycles. The molecule has 1 unspecified atom stereocenters. The SMILES string of the molecule is CCCNC(CCCc1ccccc1Br)C(C)(C)C. The first-order chi connectivity index (χ1) is 8.95. The molecular weight excluding hydrogens is 298 g/mol.